The third-order valence-corrected chi connectivity index (χ3v) is 4.17. The molecule has 1 aromatic carbocycles. The Morgan fingerprint density at radius 1 is 1.45 bits per heavy atom. The number of likely N-dealkylation sites (N-methyl/N-ethyl adjacent to an activating group) is 1. The van der Waals surface area contributed by atoms with Crippen molar-refractivity contribution in [1.82, 2.24) is 10.2 Å². The SMILES string of the molecule is CCN1C(=S)NC(C)=C(C(=O)O)C1c1ccc(Br)cc1. The minimum Gasteiger partial charge on any atom is -0.478 e. The minimum absolute atomic E-state index is 0.336. The normalized spacial score (nSPS) is 19.1. The summed E-state index contributed by atoms with van der Waals surface area (Å²) in [6, 6.07) is 7.29. The molecule has 0 fully saturated rings. The van der Waals surface area contributed by atoms with Crippen LogP contribution in [0.1, 0.15) is 25.5 Å². The van der Waals surface area contributed by atoms with Gasteiger partial charge < -0.3 is 15.3 Å². The second kappa shape index (κ2) is 5.93. The maximum atomic E-state index is 11.6. The van der Waals surface area contributed by atoms with E-state index in [2.05, 4.69) is 21.2 Å². The first-order chi connectivity index (χ1) is 9.45. The Bertz CT molecular complexity index is 583. The molecule has 2 N–H and O–H groups in total. The standard InChI is InChI=1S/C14H15BrN2O2S/c1-3-17-12(9-4-6-10(15)7-5-9)11(13(18)19)8(2)16-14(17)20/h4-7,12H,3H2,1-2H3,(H,16,20)(H,18,19). The summed E-state index contributed by atoms with van der Waals surface area (Å²) in [5.41, 5.74) is 1.85. The van der Waals surface area contributed by atoms with Crippen LogP contribution in [-0.2, 0) is 4.79 Å². The van der Waals surface area contributed by atoms with Crippen molar-refractivity contribution in [2.45, 2.75) is 19.9 Å². The number of hydrogen-bond acceptors (Lipinski definition) is 2. The maximum Gasteiger partial charge on any atom is 0.335 e. The Hall–Kier alpha value is -1.40. The van der Waals surface area contributed by atoms with E-state index in [1.54, 1.807) is 6.92 Å². The van der Waals surface area contributed by atoms with Gasteiger partial charge in [-0.05, 0) is 43.8 Å². The predicted molar refractivity (Wildman–Crippen MR) is 85.3 cm³/mol. The molecule has 1 aromatic rings. The fourth-order valence-electron chi connectivity index (χ4n) is 2.37. The summed E-state index contributed by atoms with van der Waals surface area (Å²) in [6.07, 6.45) is 0. The lowest BCUT2D eigenvalue weighted by molar-refractivity contribution is -0.133. The number of allylic oxidation sites excluding steroid dienone is 1. The van der Waals surface area contributed by atoms with Gasteiger partial charge in [-0.15, -0.1) is 0 Å². The summed E-state index contributed by atoms with van der Waals surface area (Å²) in [5.74, 6) is -0.927. The van der Waals surface area contributed by atoms with Crippen molar-refractivity contribution >= 4 is 39.2 Å². The molecule has 0 bridgehead atoms. The number of thiocarbonyl (C=S) groups is 1. The second-order valence-corrected chi connectivity index (χ2v) is 5.82. The van der Waals surface area contributed by atoms with Crippen LogP contribution in [-0.4, -0.2) is 27.6 Å². The van der Waals surface area contributed by atoms with Crippen molar-refractivity contribution in [3.63, 3.8) is 0 Å². The molecule has 2 rings (SSSR count). The van der Waals surface area contributed by atoms with Gasteiger partial charge in [0, 0.05) is 16.7 Å². The molecule has 0 saturated carbocycles. The van der Waals surface area contributed by atoms with Crippen LogP contribution in [0, 0.1) is 0 Å². The number of carboxylic acids is 1. The van der Waals surface area contributed by atoms with Gasteiger partial charge in [0.05, 0.1) is 11.6 Å². The van der Waals surface area contributed by atoms with Gasteiger partial charge in [0.15, 0.2) is 5.11 Å². The van der Waals surface area contributed by atoms with Crippen LogP contribution in [0.25, 0.3) is 0 Å². The molecule has 4 nitrogen and oxygen atoms in total. The molecule has 106 valence electrons. The molecule has 0 saturated heterocycles. The molecular weight excluding hydrogens is 340 g/mol. The monoisotopic (exact) mass is 354 g/mol. The van der Waals surface area contributed by atoms with Crippen LogP contribution in [0.15, 0.2) is 40.0 Å². The van der Waals surface area contributed by atoms with E-state index in [9.17, 15) is 9.90 Å². The van der Waals surface area contributed by atoms with Crippen molar-refractivity contribution in [3.05, 3.63) is 45.6 Å². The first-order valence-corrected chi connectivity index (χ1v) is 7.43. The molecule has 0 amide bonds. The number of hydrogen-bond donors (Lipinski definition) is 2. The number of benzene rings is 1. The molecular formula is C14H15BrN2O2S. The highest BCUT2D eigenvalue weighted by Gasteiger charge is 2.34. The predicted octanol–water partition coefficient (Wildman–Crippen LogP) is 3.06. The quantitative estimate of drug-likeness (QED) is 0.817. The average Bonchev–Trinajstić information content (AvgIpc) is 2.38. The Morgan fingerprint density at radius 3 is 2.55 bits per heavy atom. The van der Waals surface area contributed by atoms with Crippen molar-refractivity contribution in [2.75, 3.05) is 6.54 Å². The lowest BCUT2D eigenvalue weighted by Gasteiger charge is -2.38. The van der Waals surface area contributed by atoms with Crippen molar-refractivity contribution in [2.24, 2.45) is 0 Å². The topological polar surface area (TPSA) is 52.6 Å². The summed E-state index contributed by atoms with van der Waals surface area (Å²) >= 11 is 8.71. The van der Waals surface area contributed by atoms with E-state index in [-0.39, 0.29) is 6.04 Å². The highest BCUT2D eigenvalue weighted by atomic mass is 79.9. The van der Waals surface area contributed by atoms with E-state index in [1.807, 2.05) is 36.1 Å². The maximum absolute atomic E-state index is 11.6. The Balaban J connectivity index is 2.57. The van der Waals surface area contributed by atoms with Crippen molar-refractivity contribution in [3.8, 4) is 0 Å². The van der Waals surface area contributed by atoms with Crippen LogP contribution >= 0.6 is 28.1 Å². The van der Waals surface area contributed by atoms with Gasteiger partial charge >= 0.3 is 5.97 Å². The highest BCUT2D eigenvalue weighted by molar-refractivity contribution is 9.10. The van der Waals surface area contributed by atoms with Crippen molar-refractivity contribution in [1.29, 1.82) is 0 Å². The number of carboxylic acid groups (broad SMARTS) is 1. The summed E-state index contributed by atoms with van der Waals surface area (Å²) in [7, 11) is 0. The van der Waals surface area contributed by atoms with Gasteiger partial charge in [0.1, 0.15) is 0 Å². The average molecular weight is 355 g/mol. The Kier molecular flexibility index (Phi) is 4.45. The van der Waals surface area contributed by atoms with Crippen LogP contribution < -0.4 is 5.32 Å². The second-order valence-electron chi connectivity index (χ2n) is 4.51. The zero-order valence-corrected chi connectivity index (χ0v) is 13.6. The number of rotatable bonds is 3. The van der Waals surface area contributed by atoms with Gasteiger partial charge in [-0.1, -0.05) is 28.1 Å². The molecule has 0 spiro atoms. The van der Waals surface area contributed by atoms with Crippen LogP contribution in [0.4, 0.5) is 0 Å². The van der Waals surface area contributed by atoms with Gasteiger partial charge in [-0.2, -0.15) is 0 Å². The smallest absolute Gasteiger partial charge is 0.335 e. The van der Waals surface area contributed by atoms with Gasteiger partial charge in [-0.3, -0.25) is 0 Å². The Morgan fingerprint density at radius 2 is 2.05 bits per heavy atom. The zero-order valence-electron chi connectivity index (χ0n) is 11.2. The fourth-order valence-corrected chi connectivity index (χ4v) is 3.02. The third-order valence-electron chi connectivity index (χ3n) is 3.30. The molecule has 1 aliphatic heterocycles. The largest absolute Gasteiger partial charge is 0.478 e. The van der Waals surface area contributed by atoms with Crippen LogP contribution in [0.3, 0.4) is 0 Å². The molecule has 0 radical (unpaired) electrons. The van der Waals surface area contributed by atoms with Gasteiger partial charge in [0.2, 0.25) is 0 Å². The lowest BCUT2D eigenvalue weighted by atomic mass is 9.94. The molecule has 1 atom stereocenters. The molecule has 0 aromatic heterocycles. The first kappa shape index (κ1) is 15.0. The van der Waals surface area contributed by atoms with Crippen molar-refractivity contribution < 1.29 is 9.90 Å². The van der Waals surface area contributed by atoms with Gasteiger partial charge in [0.25, 0.3) is 0 Å². The summed E-state index contributed by atoms with van der Waals surface area (Å²) in [5, 5.41) is 13.0. The summed E-state index contributed by atoms with van der Waals surface area (Å²) in [6.45, 7) is 4.34. The van der Waals surface area contributed by atoms with E-state index in [0.29, 0.717) is 22.9 Å². The third kappa shape index (κ3) is 2.71. The molecule has 1 heterocycles. The number of halogens is 1. The Labute approximate surface area is 131 Å². The number of nitrogens with one attached hydrogen (secondary N) is 1. The van der Waals surface area contributed by atoms with E-state index in [1.165, 1.54) is 0 Å². The number of aliphatic carboxylic acids is 1. The fraction of sp³-hybridized carbons (Fsp3) is 0.286. The molecule has 0 aliphatic carbocycles. The van der Waals surface area contributed by atoms with E-state index >= 15 is 0 Å². The van der Waals surface area contributed by atoms with Gasteiger partial charge in [-0.25, -0.2) is 4.79 Å². The summed E-state index contributed by atoms with van der Waals surface area (Å²) in [4.78, 5) is 13.5. The number of nitrogens with zero attached hydrogens (tertiary/aromatic N) is 1. The molecule has 1 aliphatic rings. The van der Waals surface area contributed by atoms with Crippen LogP contribution in [0.5, 0.6) is 0 Å². The minimum atomic E-state index is -0.927. The first-order valence-electron chi connectivity index (χ1n) is 6.22. The highest BCUT2D eigenvalue weighted by Crippen LogP contribution is 2.33. The molecule has 20 heavy (non-hydrogen) atoms. The lowest BCUT2D eigenvalue weighted by Crippen LogP contribution is -2.48. The number of carbonyl (C=O) groups is 1. The van der Waals surface area contributed by atoms with E-state index < -0.39 is 5.97 Å². The van der Waals surface area contributed by atoms with Crippen LogP contribution in [0.2, 0.25) is 0 Å². The zero-order chi connectivity index (χ0) is 14.9. The van der Waals surface area contributed by atoms with E-state index in [0.717, 1.165) is 10.0 Å². The van der Waals surface area contributed by atoms with E-state index in [4.69, 9.17) is 12.2 Å². The molecule has 1 unspecified atom stereocenters. The molecule has 6 heteroatoms. The summed E-state index contributed by atoms with van der Waals surface area (Å²) < 4.78 is 0.957.